The Morgan fingerprint density at radius 3 is 2.53 bits per heavy atom. The van der Waals surface area contributed by atoms with Crippen LogP contribution < -0.4 is 0 Å². The maximum atomic E-state index is 12.0. The zero-order valence-electron chi connectivity index (χ0n) is 11.9. The summed E-state index contributed by atoms with van der Waals surface area (Å²) in [4.78, 5) is 12.0. The number of allylic oxidation sites excluding steroid dienone is 1. The molecule has 0 bridgehead atoms. The van der Waals surface area contributed by atoms with Crippen LogP contribution in [0.4, 0.5) is 0 Å². The molecule has 0 heterocycles. The third kappa shape index (κ3) is 1.73. The van der Waals surface area contributed by atoms with Crippen LogP contribution in [0, 0.1) is 10.8 Å². The average Bonchev–Trinajstić information content (AvgIpc) is 2.50. The second kappa shape index (κ2) is 4.40. The summed E-state index contributed by atoms with van der Waals surface area (Å²) in [6, 6.07) is 0. The summed E-state index contributed by atoms with van der Waals surface area (Å²) < 4.78 is 0. The lowest BCUT2D eigenvalue weighted by Gasteiger charge is -2.50. The maximum Gasteiger partial charge on any atom is 0.161 e. The number of Topliss-reactive ketones (excluding diaryl/α,β-unsaturated/α-hetero) is 1. The van der Waals surface area contributed by atoms with Gasteiger partial charge >= 0.3 is 0 Å². The highest BCUT2D eigenvalue weighted by molar-refractivity contribution is 5.86. The molecule has 2 aliphatic carbocycles. The molecule has 0 aromatic carbocycles. The molecular weight excluding hydrogens is 244 g/mol. The van der Waals surface area contributed by atoms with E-state index in [0.717, 1.165) is 5.57 Å². The molecule has 1 fully saturated rings. The van der Waals surface area contributed by atoms with Crippen LogP contribution in [0.25, 0.3) is 0 Å². The van der Waals surface area contributed by atoms with E-state index >= 15 is 0 Å². The van der Waals surface area contributed by atoms with E-state index in [1.54, 1.807) is 0 Å². The van der Waals surface area contributed by atoms with Crippen LogP contribution in [0.5, 0.6) is 0 Å². The summed E-state index contributed by atoms with van der Waals surface area (Å²) in [7, 11) is 0. The molecule has 0 aliphatic heterocycles. The van der Waals surface area contributed by atoms with Gasteiger partial charge in [0.2, 0.25) is 0 Å². The Morgan fingerprint density at radius 1 is 1.47 bits per heavy atom. The Balaban J connectivity index is 2.50. The second-order valence-electron chi connectivity index (χ2n) is 6.66. The lowest BCUT2D eigenvalue weighted by atomic mass is 9.55. The van der Waals surface area contributed by atoms with Crippen LogP contribution in [0.3, 0.4) is 0 Å². The average molecular weight is 268 g/mol. The third-order valence-corrected chi connectivity index (χ3v) is 5.74. The maximum absolute atomic E-state index is 12.0. The molecule has 4 nitrogen and oxygen atoms in total. The van der Waals surface area contributed by atoms with Crippen molar-refractivity contribution in [2.45, 2.75) is 58.2 Å². The largest absolute Gasteiger partial charge is 0.392 e. The molecule has 0 aromatic heterocycles. The first-order chi connectivity index (χ1) is 8.71. The van der Waals surface area contributed by atoms with Gasteiger partial charge in [0.05, 0.1) is 12.7 Å². The van der Waals surface area contributed by atoms with Gasteiger partial charge in [-0.1, -0.05) is 19.9 Å². The van der Waals surface area contributed by atoms with Gasteiger partial charge in [-0.3, -0.25) is 4.79 Å². The fourth-order valence-electron chi connectivity index (χ4n) is 4.06. The molecule has 1 saturated carbocycles. The minimum atomic E-state index is -1.46. The van der Waals surface area contributed by atoms with E-state index in [-0.39, 0.29) is 18.8 Å². The summed E-state index contributed by atoms with van der Waals surface area (Å²) in [6.45, 7) is 5.28. The van der Waals surface area contributed by atoms with Gasteiger partial charge < -0.3 is 15.3 Å². The molecule has 19 heavy (non-hydrogen) atoms. The van der Waals surface area contributed by atoms with Gasteiger partial charge in [0.1, 0.15) is 5.60 Å². The molecule has 0 saturated heterocycles. The number of carbonyl (C=O) groups excluding carboxylic acids is 1. The Hall–Kier alpha value is -0.710. The number of hydrogen-bond donors (Lipinski definition) is 3. The molecule has 2 rings (SSSR count). The first-order valence-electron chi connectivity index (χ1n) is 6.91. The number of carbonyl (C=O) groups is 1. The van der Waals surface area contributed by atoms with Crippen molar-refractivity contribution < 1.29 is 20.1 Å². The SMILES string of the molecule is CC(=O)C1(O)CC(O)C(C)(C)C12CC=C(CO)CC2. The van der Waals surface area contributed by atoms with Crippen LogP contribution in [0.2, 0.25) is 0 Å². The van der Waals surface area contributed by atoms with E-state index in [9.17, 15) is 20.1 Å². The third-order valence-electron chi connectivity index (χ3n) is 5.74. The Bertz CT molecular complexity index is 426. The molecule has 108 valence electrons. The van der Waals surface area contributed by atoms with Crippen molar-refractivity contribution in [1.82, 2.24) is 0 Å². The second-order valence-corrected chi connectivity index (χ2v) is 6.66. The van der Waals surface area contributed by atoms with Crippen LogP contribution in [-0.2, 0) is 4.79 Å². The van der Waals surface area contributed by atoms with Crippen molar-refractivity contribution in [3.05, 3.63) is 11.6 Å². The van der Waals surface area contributed by atoms with Crippen molar-refractivity contribution in [2.24, 2.45) is 10.8 Å². The quantitative estimate of drug-likeness (QED) is 0.657. The number of aliphatic hydroxyl groups excluding tert-OH is 2. The van der Waals surface area contributed by atoms with E-state index in [4.69, 9.17) is 0 Å². The highest BCUT2D eigenvalue weighted by atomic mass is 16.3. The minimum absolute atomic E-state index is 0.0254. The summed E-state index contributed by atoms with van der Waals surface area (Å²) in [5.41, 5.74) is -1.67. The fourth-order valence-corrected chi connectivity index (χ4v) is 4.06. The standard InChI is InChI=1S/C15H24O4/c1-10(17)15(19)8-12(18)13(2,3)14(15)6-4-11(9-16)5-7-14/h4,12,16,18-19H,5-9H2,1-3H3. The molecule has 0 aromatic rings. The number of aliphatic hydroxyl groups is 3. The lowest BCUT2D eigenvalue weighted by Crippen LogP contribution is -2.55. The van der Waals surface area contributed by atoms with Gasteiger partial charge in [-0.15, -0.1) is 0 Å². The molecule has 4 heteroatoms. The van der Waals surface area contributed by atoms with Gasteiger partial charge in [-0.05, 0) is 37.2 Å². The molecule has 0 amide bonds. The Morgan fingerprint density at radius 2 is 2.11 bits per heavy atom. The van der Waals surface area contributed by atoms with Crippen molar-refractivity contribution in [3.8, 4) is 0 Å². The van der Waals surface area contributed by atoms with Gasteiger partial charge in [-0.25, -0.2) is 0 Å². The monoisotopic (exact) mass is 268 g/mol. The summed E-state index contributed by atoms with van der Waals surface area (Å²) >= 11 is 0. The van der Waals surface area contributed by atoms with E-state index < -0.39 is 22.5 Å². The van der Waals surface area contributed by atoms with E-state index in [2.05, 4.69) is 0 Å². The molecule has 1 spiro atoms. The van der Waals surface area contributed by atoms with Crippen molar-refractivity contribution in [3.63, 3.8) is 0 Å². The predicted octanol–water partition coefficient (Wildman–Crippen LogP) is 1.19. The molecule has 2 aliphatic rings. The first kappa shape index (κ1) is 14.7. The topological polar surface area (TPSA) is 77.8 Å². The van der Waals surface area contributed by atoms with Gasteiger partial charge in [0.25, 0.3) is 0 Å². The van der Waals surface area contributed by atoms with Crippen LogP contribution in [0.1, 0.15) is 46.5 Å². The van der Waals surface area contributed by atoms with Gasteiger partial charge in [0, 0.05) is 11.8 Å². The normalized spacial score (nSPS) is 41.4. The summed E-state index contributed by atoms with van der Waals surface area (Å²) in [6.07, 6.45) is 3.17. The highest BCUT2D eigenvalue weighted by Crippen LogP contribution is 2.64. The lowest BCUT2D eigenvalue weighted by molar-refractivity contribution is -0.157. The number of hydrogen-bond acceptors (Lipinski definition) is 4. The summed E-state index contributed by atoms with van der Waals surface area (Å²) in [5.74, 6) is -0.266. The highest BCUT2D eigenvalue weighted by Gasteiger charge is 2.68. The molecule has 3 unspecified atom stereocenters. The fraction of sp³-hybridized carbons (Fsp3) is 0.800. The van der Waals surface area contributed by atoms with Crippen molar-refractivity contribution in [2.75, 3.05) is 6.61 Å². The van der Waals surface area contributed by atoms with Crippen molar-refractivity contribution in [1.29, 1.82) is 0 Å². The van der Waals surface area contributed by atoms with E-state index in [1.165, 1.54) is 6.92 Å². The molecule has 3 atom stereocenters. The molecular formula is C15H24O4. The molecule has 0 radical (unpaired) electrons. The zero-order chi connectivity index (χ0) is 14.5. The predicted molar refractivity (Wildman–Crippen MR) is 71.5 cm³/mol. The van der Waals surface area contributed by atoms with Gasteiger partial charge in [0.15, 0.2) is 5.78 Å². The minimum Gasteiger partial charge on any atom is -0.392 e. The summed E-state index contributed by atoms with van der Waals surface area (Å²) in [5, 5.41) is 30.4. The van der Waals surface area contributed by atoms with Crippen LogP contribution in [-0.4, -0.2) is 39.4 Å². The Labute approximate surface area is 114 Å². The first-order valence-corrected chi connectivity index (χ1v) is 6.91. The number of ketones is 1. The van der Waals surface area contributed by atoms with Gasteiger partial charge in [-0.2, -0.15) is 0 Å². The van der Waals surface area contributed by atoms with E-state index in [1.807, 2.05) is 19.9 Å². The molecule has 3 N–H and O–H groups in total. The Kier molecular flexibility index (Phi) is 3.40. The van der Waals surface area contributed by atoms with E-state index in [0.29, 0.717) is 19.3 Å². The van der Waals surface area contributed by atoms with Crippen LogP contribution in [0.15, 0.2) is 11.6 Å². The van der Waals surface area contributed by atoms with Crippen molar-refractivity contribution >= 4 is 5.78 Å². The smallest absolute Gasteiger partial charge is 0.161 e. The van der Waals surface area contributed by atoms with Crippen LogP contribution >= 0.6 is 0 Å². The zero-order valence-corrected chi connectivity index (χ0v) is 11.9. The number of rotatable bonds is 2.